The van der Waals surface area contributed by atoms with Crippen molar-refractivity contribution in [3.05, 3.63) is 72.1 Å². The first-order valence-corrected chi connectivity index (χ1v) is 7.65. The van der Waals surface area contributed by atoms with Gasteiger partial charge in [-0.3, -0.25) is 4.98 Å². The minimum atomic E-state index is -0.219. The Morgan fingerprint density at radius 1 is 0.870 bits per heavy atom. The summed E-state index contributed by atoms with van der Waals surface area (Å²) in [5.74, 6) is 0.752. The van der Waals surface area contributed by atoms with Crippen LogP contribution in [0.2, 0.25) is 0 Å². The SMILES string of the molecule is Cc1ccc(-c2ccc(NC(C)(C)c3ccccc3)nn2)cn1. The molecule has 4 nitrogen and oxygen atoms in total. The summed E-state index contributed by atoms with van der Waals surface area (Å²) in [5, 5.41) is 12.0. The zero-order valence-corrected chi connectivity index (χ0v) is 13.6. The molecule has 0 fully saturated rings. The van der Waals surface area contributed by atoms with Crippen molar-refractivity contribution >= 4 is 5.82 Å². The van der Waals surface area contributed by atoms with Gasteiger partial charge in [-0.15, -0.1) is 10.2 Å². The highest BCUT2D eigenvalue weighted by Gasteiger charge is 2.20. The molecule has 0 saturated heterocycles. The summed E-state index contributed by atoms with van der Waals surface area (Å²) in [4.78, 5) is 4.29. The number of benzene rings is 1. The number of aromatic nitrogens is 3. The van der Waals surface area contributed by atoms with Crippen LogP contribution >= 0.6 is 0 Å². The summed E-state index contributed by atoms with van der Waals surface area (Å²) in [6.45, 7) is 6.22. The predicted octanol–water partition coefficient (Wildman–Crippen LogP) is 4.19. The van der Waals surface area contributed by atoms with E-state index in [9.17, 15) is 0 Å². The van der Waals surface area contributed by atoms with E-state index in [2.05, 4.69) is 46.5 Å². The molecule has 3 aromatic rings. The lowest BCUT2D eigenvalue weighted by Crippen LogP contribution is -2.28. The highest BCUT2D eigenvalue weighted by Crippen LogP contribution is 2.25. The van der Waals surface area contributed by atoms with E-state index in [4.69, 9.17) is 0 Å². The van der Waals surface area contributed by atoms with E-state index in [1.165, 1.54) is 5.56 Å². The number of hydrogen-bond donors (Lipinski definition) is 1. The van der Waals surface area contributed by atoms with Crippen molar-refractivity contribution in [3.8, 4) is 11.3 Å². The van der Waals surface area contributed by atoms with E-state index in [0.717, 1.165) is 22.8 Å². The van der Waals surface area contributed by atoms with Crippen LogP contribution in [-0.2, 0) is 5.54 Å². The Morgan fingerprint density at radius 3 is 2.26 bits per heavy atom. The molecule has 4 heteroatoms. The Balaban J connectivity index is 1.79. The molecule has 116 valence electrons. The zero-order chi connectivity index (χ0) is 16.3. The number of nitrogens with one attached hydrogen (secondary N) is 1. The maximum atomic E-state index is 4.30. The van der Waals surface area contributed by atoms with Gasteiger partial charge in [-0.25, -0.2) is 0 Å². The van der Waals surface area contributed by atoms with Gasteiger partial charge in [0.05, 0.1) is 11.2 Å². The number of rotatable bonds is 4. The summed E-state index contributed by atoms with van der Waals surface area (Å²) >= 11 is 0. The lowest BCUT2D eigenvalue weighted by Gasteiger charge is -2.27. The van der Waals surface area contributed by atoms with Gasteiger partial charge in [0.25, 0.3) is 0 Å². The van der Waals surface area contributed by atoms with Gasteiger partial charge in [-0.1, -0.05) is 30.3 Å². The monoisotopic (exact) mass is 304 g/mol. The Morgan fingerprint density at radius 2 is 1.65 bits per heavy atom. The molecule has 2 heterocycles. The van der Waals surface area contributed by atoms with Crippen LogP contribution in [0.3, 0.4) is 0 Å². The van der Waals surface area contributed by atoms with Gasteiger partial charge in [-0.05, 0) is 50.6 Å². The van der Waals surface area contributed by atoms with Crippen molar-refractivity contribution in [2.24, 2.45) is 0 Å². The van der Waals surface area contributed by atoms with Crippen molar-refractivity contribution in [1.82, 2.24) is 15.2 Å². The Kier molecular flexibility index (Phi) is 4.06. The van der Waals surface area contributed by atoms with Crippen LogP contribution < -0.4 is 5.32 Å². The first-order chi connectivity index (χ1) is 11.0. The first-order valence-electron chi connectivity index (χ1n) is 7.65. The third kappa shape index (κ3) is 3.54. The second-order valence-electron chi connectivity index (χ2n) is 6.11. The minimum absolute atomic E-state index is 0.219. The molecule has 23 heavy (non-hydrogen) atoms. The lowest BCUT2D eigenvalue weighted by atomic mass is 9.94. The van der Waals surface area contributed by atoms with E-state index < -0.39 is 0 Å². The smallest absolute Gasteiger partial charge is 0.149 e. The number of nitrogens with zero attached hydrogens (tertiary/aromatic N) is 3. The maximum absolute atomic E-state index is 4.30. The van der Waals surface area contributed by atoms with Crippen molar-refractivity contribution < 1.29 is 0 Å². The molecule has 0 amide bonds. The summed E-state index contributed by atoms with van der Waals surface area (Å²) in [7, 11) is 0. The largest absolute Gasteiger partial charge is 0.360 e. The topological polar surface area (TPSA) is 50.7 Å². The van der Waals surface area contributed by atoms with Gasteiger partial charge in [-0.2, -0.15) is 0 Å². The van der Waals surface area contributed by atoms with Crippen molar-refractivity contribution in [2.75, 3.05) is 5.32 Å². The normalized spacial score (nSPS) is 11.3. The molecule has 0 radical (unpaired) electrons. The fourth-order valence-corrected chi connectivity index (χ4v) is 2.42. The van der Waals surface area contributed by atoms with Crippen LogP contribution in [0, 0.1) is 6.92 Å². The van der Waals surface area contributed by atoms with Gasteiger partial charge < -0.3 is 5.32 Å². The van der Waals surface area contributed by atoms with Crippen molar-refractivity contribution in [3.63, 3.8) is 0 Å². The number of anilines is 1. The molecular weight excluding hydrogens is 284 g/mol. The van der Waals surface area contributed by atoms with Gasteiger partial charge >= 0.3 is 0 Å². The molecule has 0 spiro atoms. The second-order valence-corrected chi connectivity index (χ2v) is 6.11. The molecule has 0 saturated carbocycles. The molecule has 0 atom stereocenters. The fourth-order valence-electron chi connectivity index (χ4n) is 2.42. The summed E-state index contributed by atoms with van der Waals surface area (Å²) < 4.78 is 0. The fraction of sp³-hybridized carbons (Fsp3) is 0.211. The molecule has 3 rings (SSSR count). The van der Waals surface area contributed by atoms with Crippen LogP contribution in [0.5, 0.6) is 0 Å². The average molecular weight is 304 g/mol. The Bertz CT molecular complexity index is 763. The number of aryl methyl sites for hydroxylation is 1. The summed E-state index contributed by atoms with van der Waals surface area (Å²) in [6.07, 6.45) is 1.82. The Hall–Kier alpha value is -2.75. The predicted molar refractivity (Wildman–Crippen MR) is 93.1 cm³/mol. The summed E-state index contributed by atoms with van der Waals surface area (Å²) in [6, 6.07) is 18.2. The second kappa shape index (κ2) is 6.16. The van der Waals surface area contributed by atoms with Crippen molar-refractivity contribution in [1.29, 1.82) is 0 Å². The molecule has 0 aliphatic heterocycles. The maximum Gasteiger partial charge on any atom is 0.149 e. The van der Waals surface area contributed by atoms with Crippen molar-refractivity contribution in [2.45, 2.75) is 26.3 Å². The van der Waals surface area contributed by atoms with Gasteiger partial charge in [0.15, 0.2) is 0 Å². The molecule has 0 aliphatic carbocycles. The van der Waals surface area contributed by atoms with Gasteiger partial charge in [0.1, 0.15) is 5.82 Å². The van der Waals surface area contributed by atoms with Crippen LogP contribution in [0.25, 0.3) is 11.3 Å². The molecule has 2 aromatic heterocycles. The highest BCUT2D eigenvalue weighted by atomic mass is 15.2. The summed E-state index contributed by atoms with van der Waals surface area (Å²) in [5.41, 5.74) is 3.76. The molecule has 0 unspecified atom stereocenters. The molecular formula is C19H20N4. The van der Waals surface area contributed by atoms with Gasteiger partial charge in [0.2, 0.25) is 0 Å². The molecule has 1 aromatic carbocycles. The van der Waals surface area contributed by atoms with E-state index in [0.29, 0.717) is 0 Å². The average Bonchev–Trinajstić information content (AvgIpc) is 2.57. The number of pyridine rings is 1. The van der Waals surface area contributed by atoms with E-state index >= 15 is 0 Å². The zero-order valence-electron chi connectivity index (χ0n) is 13.6. The lowest BCUT2D eigenvalue weighted by molar-refractivity contribution is 0.604. The highest BCUT2D eigenvalue weighted by molar-refractivity contribution is 5.58. The Labute approximate surface area is 136 Å². The quantitative estimate of drug-likeness (QED) is 0.785. The molecule has 0 bridgehead atoms. The van der Waals surface area contributed by atoms with Crippen LogP contribution in [0.4, 0.5) is 5.82 Å². The van der Waals surface area contributed by atoms with Crippen LogP contribution in [-0.4, -0.2) is 15.2 Å². The van der Waals surface area contributed by atoms with E-state index in [-0.39, 0.29) is 5.54 Å². The van der Waals surface area contributed by atoms with E-state index in [1.807, 2.05) is 55.6 Å². The standard InChI is InChI=1S/C19H20N4/c1-14-9-10-15(13-20-14)17-11-12-18(23-22-17)21-19(2,3)16-7-5-4-6-8-16/h4-13H,1-3H3,(H,21,23). The molecule has 1 N–H and O–H groups in total. The third-order valence-corrected chi connectivity index (χ3v) is 3.81. The minimum Gasteiger partial charge on any atom is -0.360 e. The van der Waals surface area contributed by atoms with Crippen LogP contribution in [0.1, 0.15) is 25.1 Å². The van der Waals surface area contributed by atoms with E-state index in [1.54, 1.807) is 0 Å². The third-order valence-electron chi connectivity index (χ3n) is 3.81. The number of hydrogen-bond acceptors (Lipinski definition) is 4. The molecule has 0 aliphatic rings. The van der Waals surface area contributed by atoms with Gasteiger partial charge in [0, 0.05) is 17.5 Å². The first kappa shape index (κ1) is 15.2. The van der Waals surface area contributed by atoms with Crippen LogP contribution in [0.15, 0.2) is 60.8 Å².